The molecule has 0 bridgehead atoms. The van der Waals surface area contributed by atoms with Crippen LogP contribution in [0.1, 0.15) is 39.0 Å². The van der Waals surface area contributed by atoms with Crippen LogP contribution in [0.25, 0.3) is 0 Å². The first-order valence-corrected chi connectivity index (χ1v) is 6.73. The molecule has 0 heterocycles. The fourth-order valence-corrected chi connectivity index (χ4v) is 2.73. The van der Waals surface area contributed by atoms with E-state index in [0.717, 1.165) is 31.7 Å². The van der Waals surface area contributed by atoms with Gasteiger partial charge in [0.15, 0.2) is 0 Å². The Morgan fingerprint density at radius 3 is 2.84 bits per heavy atom. The van der Waals surface area contributed by atoms with Gasteiger partial charge in [0, 0.05) is 0 Å². The van der Waals surface area contributed by atoms with Crippen molar-refractivity contribution >= 4 is 5.69 Å². The summed E-state index contributed by atoms with van der Waals surface area (Å²) in [6, 6.07) is 4.01. The zero-order valence-electron chi connectivity index (χ0n) is 11.0. The summed E-state index contributed by atoms with van der Waals surface area (Å²) < 4.78 is 19.3. The normalized spacial score (nSPS) is 23.1. The van der Waals surface area contributed by atoms with E-state index in [0.29, 0.717) is 5.92 Å². The molecule has 2 unspecified atom stereocenters. The maximum atomic E-state index is 13.5. The quantitative estimate of drug-likeness (QED) is 0.610. The Kier molecular flexibility index (Phi) is 4.35. The summed E-state index contributed by atoms with van der Waals surface area (Å²) in [5.41, 5.74) is -0.553. The largest absolute Gasteiger partial charge is 0.483 e. The first-order valence-electron chi connectivity index (χ1n) is 6.73. The standard InChI is InChI=1S/C14H18FNO3/c1-2-10-6-3-4-8-12(10)19-13-9-5-7-11(15)14(13)16(17)18/h5,7,9-10,12H,2-4,6,8H2,1H3. The highest BCUT2D eigenvalue weighted by Gasteiger charge is 2.29. The fourth-order valence-electron chi connectivity index (χ4n) is 2.73. The lowest BCUT2D eigenvalue weighted by Gasteiger charge is -2.31. The van der Waals surface area contributed by atoms with Crippen molar-refractivity contribution in [1.82, 2.24) is 0 Å². The van der Waals surface area contributed by atoms with Crippen LogP contribution in [0.5, 0.6) is 5.75 Å². The van der Waals surface area contributed by atoms with E-state index in [-0.39, 0.29) is 11.9 Å². The molecule has 0 aromatic heterocycles. The third-order valence-electron chi connectivity index (χ3n) is 3.77. The molecular weight excluding hydrogens is 249 g/mol. The molecule has 2 atom stereocenters. The minimum atomic E-state index is -0.841. The van der Waals surface area contributed by atoms with Gasteiger partial charge in [0.2, 0.25) is 11.6 Å². The SMILES string of the molecule is CCC1CCCCC1Oc1cccc(F)c1[N+](=O)[O-]. The molecule has 1 aliphatic carbocycles. The lowest BCUT2D eigenvalue weighted by molar-refractivity contribution is -0.388. The second-order valence-corrected chi connectivity index (χ2v) is 4.95. The summed E-state index contributed by atoms with van der Waals surface area (Å²) in [6.45, 7) is 2.09. The molecule has 0 N–H and O–H groups in total. The molecule has 0 saturated heterocycles. The molecule has 0 radical (unpaired) electrons. The van der Waals surface area contributed by atoms with Crippen molar-refractivity contribution in [2.75, 3.05) is 0 Å². The Bertz CT molecular complexity index is 464. The number of halogens is 1. The Hall–Kier alpha value is -1.65. The van der Waals surface area contributed by atoms with Crippen LogP contribution in [0, 0.1) is 21.8 Å². The van der Waals surface area contributed by atoms with E-state index in [1.165, 1.54) is 18.6 Å². The lowest BCUT2D eigenvalue weighted by Crippen LogP contribution is -2.30. The van der Waals surface area contributed by atoms with Gasteiger partial charge in [-0.3, -0.25) is 10.1 Å². The minimum absolute atomic E-state index is 0.0424. The zero-order chi connectivity index (χ0) is 13.8. The number of para-hydroxylation sites is 1. The van der Waals surface area contributed by atoms with Crippen LogP contribution in [-0.4, -0.2) is 11.0 Å². The number of nitro benzene ring substituents is 1. The predicted octanol–water partition coefficient (Wildman–Crippen LogP) is 4.08. The smallest absolute Gasteiger partial charge is 0.346 e. The van der Waals surface area contributed by atoms with Crippen LogP contribution < -0.4 is 4.74 Å². The Morgan fingerprint density at radius 1 is 1.42 bits per heavy atom. The van der Waals surface area contributed by atoms with Crippen molar-refractivity contribution in [1.29, 1.82) is 0 Å². The van der Waals surface area contributed by atoms with Crippen LogP contribution in [0.4, 0.5) is 10.1 Å². The summed E-state index contributed by atoms with van der Waals surface area (Å²) in [5, 5.41) is 10.9. The van der Waals surface area contributed by atoms with Crippen LogP contribution in [0.2, 0.25) is 0 Å². The number of benzene rings is 1. The van der Waals surface area contributed by atoms with E-state index in [4.69, 9.17) is 4.74 Å². The summed E-state index contributed by atoms with van der Waals surface area (Å²) in [6.07, 6.45) is 5.12. The second kappa shape index (κ2) is 5.99. The van der Waals surface area contributed by atoms with Gasteiger partial charge in [-0.25, -0.2) is 0 Å². The van der Waals surface area contributed by atoms with Crippen LogP contribution >= 0.6 is 0 Å². The predicted molar refractivity (Wildman–Crippen MR) is 69.7 cm³/mol. The maximum absolute atomic E-state index is 13.5. The third kappa shape index (κ3) is 3.03. The molecule has 1 fully saturated rings. The molecule has 0 aliphatic heterocycles. The van der Waals surface area contributed by atoms with Crippen molar-refractivity contribution in [2.24, 2.45) is 5.92 Å². The molecule has 1 aromatic rings. The van der Waals surface area contributed by atoms with Crippen LogP contribution in [0.15, 0.2) is 18.2 Å². The van der Waals surface area contributed by atoms with Crippen LogP contribution in [-0.2, 0) is 0 Å². The highest BCUT2D eigenvalue weighted by Crippen LogP contribution is 2.35. The molecule has 1 aromatic carbocycles. The minimum Gasteiger partial charge on any atom is -0.483 e. The van der Waals surface area contributed by atoms with Crippen molar-refractivity contribution in [3.63, 3.8) is 0 Å². The number of hydrogen-bond donors (Lipinski definition) is 0. The maximum Gasteiger partial charge on any atom is 0.346 e. The number of hydrogen-bond acceptors (Lipinski definition) is 3. The van der Waals surface area contributed by atoms with Gasteiger partial charge in [-0.15, -0.1) is 0 Å². The first kappa shape index (κ1) is 13.8. The molecular formula is C14H18FNO3. The molecule has 2 rings (SSSR count). The summed E-state index contributed by atoms with van der Waals surface area (Å²) in [5.74, 6) is -0.390. The summed E-state index contributed by atoms with van der Waals surface area (Å²) >= 11 is 0. The average Bonchev–Trinajstić information content (AvgIpc) is 2.39. The summed E-state index contributed by atoms with van der Waals surface area (Å²) in [7, 11) is 0. The molecule has 5 heteroatoms. The van der Waals surface area contributed by atoms with Gasteiger partial charge in [0.05, 0.1) is 4.92 Å². The van der Waals surface area contributed by atoms with Crippen LogP contribution in [0.3, 0.4) is 0 Å². The van der Waals surface area contributed by atoms with E-state index >= 15 is 0 Å². The molecule has 104 valence electrons. The van der Waals surface area contributed by atoms with Crippen molar-refractivity contribution in [2.45, 2.75) is 45.1 Å². The summed E-state index contributed by atoms with van der Waals surface area (Å²) in [4.78, 5) is 10.2. The Balaban J connectivity index is 2.22. The number of nitro groups is 1. The monoisotopic (exact) mass is 267 g/mol. The first-order chi connectivity index (χ1) is 9.13. The van der Waals surface area contributed by atoms with E-state index in [9.17, 15) is 14.5 Å². The molecule has 1 aliphatic rings. The van der Waals surface area contributed by atoms with E-state index in [1.54, 1.807) is 0 Å². The highest BCUT2D eigenvalue weighted by molar-refractivity contribution is 5.47. The lowest BCUT2D eigenvalue weighted by atomic mass is 9.85. The molecule has 0 amide bonds. The van der Waals surface area contributed by atoms with E-state index in [1.807, 2.05) is 0 Å². The van der Waals surface area contributed by atoms with E-state index in [2.05, 4.69) is 6.92 Å². The number of nitrogens with zero attached hydrogens (tertiary/aromatic N) is 1. The molecule has 0 spiro atoms. The molecule has 4 nitrogen and oxygen atoms in total. The molecule has 19 heavy (non-hydrogen) atoms. The number of ether oxygens (including phenoxy) is 1. The van der Waals surface area contributed by atoms with Gasteiger partial charge in [-0.1, -0.05) is 19.4 Å². The van der Waals surface area contributed by atoms with Gasteiger partial charge in [0.25, 0.3) is 0 Å². The fraction of sp³-hybridized carbons (Fsp3) is 0.571. The topological polar surface area (TPSA) is 52.4 Å². The van der Waals surface area contributed by atoms with Gasteiger partial charge >= 0.3 is 5.69 Å². The second-order valence-electron chi connectivity index (χ2n) is 4.95. The van der Waals surface area contributed by atoms with Gasteiger partial charge in [-0.2, -0.15) is 4.39 Å². The number of rotatable bonds is 4. The third-order valence-corrected chi connectivity index (χ3v) is 3.77. The molecule has 1 saturated carbocycles. The van der Waals surface area contributed by atoms with Gasteiger partial charge in [0.1, 0.15) is 6.10 Å². The van der Waals surface area contributed by atoms with E-state index < -0.39 is 16.4 Å². The van der Waals surface area contributed by atoms with Crippen molar-refractivity contribution in [3.8, 4) is 5.75 Å². The Morgan fingerprint density at radius 2 is 2.16 bits per heavy atom. The average molecular weight is 267 g/mol. The highest BCUT2D eigenvalue weighted by atomic mass is 19.1. The van der Waals surface area contributed by atoms with Crippen molar-refractivity contribution in [3.05, 3.63) is 34.1 Å². The van der Waals surface area contributed by atoms with Gasteiger partial charge in [-0.05, 0) is 43.7 Å². The van der Waals surface area contributed by atoms with Crippen molar-refractivity contribution < 1.29 is 14.1 Å². The Labute approximate surface area is 111 Å². The van der Waals surface area contributed by atoms with Gasteiger partial charge < -0.3 is 4.74 Å². The zero-order valence-corrected chi connectivity index (χ0v) is 11.0.